The summed E-state index contributed by atoms with van der Waals surface area (Å²) in [5.41, 5.74) is 7.83. The van der Waals surface area contributed by atoms with Crippen LogP contribution < -0.4 is 10.5 Å². The van der Waals surface area contributed by atoms with E-state index >= 15 is 0 Å². The van der Waals surface area contributed by atoms with Crippen molar-refractivity contribution in [1.82, 2.24) is 0 Å². The Morgan fingerprint density at radius 1 is 1.33 bits per heavy atom. The molecule has 2 rings (SSSR count). The molecular weight excluding hydrogens is 356 g/mol. The number of carbonyl (C=O) groups is 1. The minimum Gasteiger partial charge on any atom is -0.427 e. The van der Waals surface area contributed by atoms with Gasteiger partial charge in [-0.3, -0.25) is 9.79 Å². The number of nitrogens with two attached hydrogens (primary N) is 1. The topological polar surface area (TPSA) is 64.7 Å². The van der Waals surface area contributed by atoms with Crippen molar-refractivity contribution in [1.29, 1.82) is 0 Å². The van der Waals surface area contributed by atoms with Crippen LogP contribution in [0.1, 0.15) is 12.5 Å². The van der Waals surface area contributed by atoms with Crippen LogP contribution in [0.4, 0.5) is 11.4 Å². The van der Waals surface area contributed by atoms with Gasteiger partial charge in [0.05, 0.1) is 10.7 Å². The lowest BCUT2D eigenvalue weighted by Gasteiger charge is -2.04. The second kappa shape index (κ2) is 6.74. The monoisotopic (exact) mass is 366 g/mol. The van der Waals surface area contributed by atoms with Crippen LogP contribution in [0.2, 0.25) is 5.02 Å². The van der Waals surface area contributed by atoms with Gasteiger partial charge in [-0.1, -0.05) is 27.5 Å². The number of rotatable bonds is 3. The van der Waals surface area contributed by atoms with Crippen LogP contribution in [-0.4, -0.2) is 12.2 Å². The highest BCUT2D eigenvalue weighted by molar-refractivity contribution is 9.10. The van der Waals surface area contributed by atoms with Crippen LogP contribution in [0.3, 0.4) is 0 Å². The van der Waals surface area contributed by atoms with Gasteiger partial charge >= 0.3 is 5.97 Å². The van der Waals surface area contributed by atoms with Crippen LogP contribution in [0.25, 0.3) is 0 Å². The van der Waals surface area contributed by atoms with E-state index < -0.39 is 5.97 Å². The molecule has 2 aromatic rings. The molecule has 0 amide bonds. The number of hydrogen-bond donors (Lipinski definition) is 1. The van der Waals surface area contributed by atoms with E-state index in [0.717, 1.165) is 10.0 Å². The molecule has 0 unspecified atom stereocenters. The molecule has 108 valence electrons. The molecule has 0 fully saturated rings. The summed E-state index contributed by atoms with van der Waals surface area (Å²) < 4.78 is 5.86. The third-order valence-corrected chi connectivity index (χ3v) is 3.37. The summed E-state index contributed by atoms with van der Waals surface area (Å²) in [5, 5.41) is 0.388. The lowest BCUT2D eigenvalue weighted by atomic mass is 10.2. The predicted molar refractivity (Wildman–Crippen MR) is 88.6 cm³/mol. The molecule has 4 nitrogen and oxygen atoms in total. The summed E-state index contributed by atoms with van der Waals surface area (Å²) in [4.78, 5) is 15.2. The van der Waals surface area contributed by atoms with E-state index in [9.17, 15) is 4.79 Å². The number of benzene rings is 2. The van der Waals surface area contributed by atoms with Gasteiger partial charge in [-0.25, -0.2) is 0 Å². The summed E-state index contributed by atoms with van der Waals surface area (Å²) >= 11 is 9.48. The largest absolute Gasteiger partial charge is 0.427 e. The van der Waals surface area contributed by atoms with Crippen molar-refractivity contribution in [3.8, 4) is 5.75 Å². The standard InChI is InChI=1S/C15H12BrClN2O2/c1-9(20)21-12-3-5-15(13(17)7-12)19-8-10-6-11(16)2-4-14(10)18/h2-8H,18H2,1H3. The Morgan fingerprint density at radius 3 is 2.76 bits per heavy atom. The van der Waals surface area contributed by atoms with Crippen LogP contribution in [0.5, 0.6) is 5.75 Å². The van der Waals surface area contributed by atoms with Crippen molar-refractivity contribution < 1.29 is 9.53 Å². The van der Waals surface area contributed by atoms with Gasteiger partial charge in [0.25, 0.3) is 0 Å². The fourth-order valence-corrected chi connectivity index (χ4v) is 2.22. The van der Waals surface area contributed by atoms with Gasteiger partial charge in [0.2, 0.25) is 0 Å². The number of ether oxygens (including phenoxy) is 1. The Balaban J connectivity index is 2.25. The first-order chi connectivity index (χ1) is 9.95. The van der Waals surface area contributed by atoms with Crippen molar-refractivity contribution in [3.05, 3.63) is 51.5 Å². The van der Waals surface area contributed by atoms with E-state index in [1.165, 1.54) is 6.92 Å². The molecule has 2 aromatic carbocycles. The molecule has 0 saturated heterocycles. The molecule has 0 aliphatic heterocycles. The molecule has 0 atom stereocenters. The van der Waals surface area contributed by atoms with Gasteiger partial charge in [-0.15, -0.1) is 0 Å². The summed E-state index contributed by atoms with van der Waals surface area (Å²) in [5.74, 6) is -0.0161. The SMILES string of the molecule is CC(=O)Oc1ccc(N=Cc2cc(Br)ccc2N)c(Cl)c1. The average molecular weight is 368 g/mol. The van der Waals surface area contributed by atoms with E-state index in [2.05, 4.69) is 20.9 Å². The molecule has 0 spiro atoms. The normalized spacial score (nSPS) is 10.8. The highest BCUT2D eigenvalue weighted by Crippen LogP contribution is 2.29. The minimum atomic E-state index is -0.399. The summed E-state index contributed by atoms with van der Waals surface area (Å²) in [6, 6.07) is 10.3. The number of esters is 1. The highest BCUT2D eigenvalue weighted by Gasteiger charge is 2.04. The van der Waals surface area contributed by atoms with E-state index in [1.807, 2.05) is 12.1 Å². The maximum Gasteiger partial charge on any atom is 0.308 e. The van der Waals surface area contributed by atoms with Crippen molar-refractivity contribution in [2.24, 2.45) is 4.99 Å². The van der Waals surface area contributed by atoms with Gasteiger partial charge in [0.1, 0.15) is 5.75 Å². The Labute approximate surface area is 135 Å². The van der Waals surface area contributed by atoms with Crippen molar-refractivity contribution in [3.63, 3.8) is 0 Å². The number of carbonyl (C=O) groups excluding carboxylic acids is 1. The average Bonchev–Trinajstić information content (AvgIpc) is 2.41. The molecule has 2 N–H and O–H groups in total. The lowest BCUT2D eigenvalue weighted by Crippen LogP contribution is -2.00. The van der Waals surface area contributed by atoms with E-state index in [1.54, 1.807) is 30.5 Å². The lowest BCUT2D eigenvalue weighted by molar-refractivity contribution is -0.131. The molecule has 0 aromatic heterocycles. The van der Waals surface area contributed by atoms with E-state index in [4.69, 9.17) is 22.1 Å². The van der Waals surface area contributed by atoms with Gasteiger partial charge in [0.15, 0.2) is 0 Å². The molecule has 0 aliphatic carbocycles. The van der Waals surface area contributed by atoms with Gasteiger partial charge in [-0.05, 0) is 30.3 Å². The molecule has 21 heavy (non-hydrogen) atoms. The number of aliphatic imine (C=N–C) groups is 1. The van der Waals surface area contributed by atoms with Crippen LogP contribution >= 0.6 is 27.5 Å². The number of nitrogen functional groups attached to an aromatic ring is 1. The highest BCUT2D eigenvalue weighted by atomic mass is 79.9. The number of hydrogen-bond acceptors (Lipinski definition) is 4. The van der Waals surface area contributed by atoms with Gasteiger partial charge < -0.3 is 10.5 Å². The van der Waals surface area contributed by atoms with Crippen molar-refractivity contribution >= 4 is 51.1 Å². The second-order valence-corrected chi connectivity index (χ2v) is 5.56. The quantitative estimate of drug-likeness (QED) is 0.379. The molecule has 0 aliphatic rings. The molecule has 0 radical (unpaired) electrons. The molecule has 0 bridgehead atoms. The first-order valence-electron chi connectivity index (χ1n) is 6.03. The van der Waals surface area contributed by atoms with E-state index in [-0.39, 0.29) is 0 Å². The number of anilines is 1. The Kier molecular flexibility index (Phi) is 4.98. The minimum absolute atomic E-state index is 0.383. The first kappa shape index (κ1) is 15.5. The fraction of sp³-hybridized carbons (Fsp3) is 0.0667. The molecule has 0 heterocycles. The third kappa shape index (κ3) is 4.31. The third-order valence-electron chi connectivity index (χ3n) is 2.57. The molecular formula is C15H12BrClN2O2. The summed E-state index contributed by atoms with van der Waals surface area (Å²) in [6.45, 7) is 1.33. The van der Waals surface area contributed by atoms with Crippen molar-refractivity contribution in [2.75, 3.05) is 5.73 Å². The van der Waals surface area contributed by atoms with Crippen LogP contribution in [0.15, 0.2) is 45.9 Å². The van der Waals surface area contributed by atoms with Crippen LogP contribution in [-0.2, 0) is 4.79 Å². The Morgan fingerprint density at radius 2 is 2.10 bits per heavy atom. The Hall–Kier alpha value is -1.85. The maximum atomic E-state index is 10.9. The fourth-order valence-electron chi connectivity index (χ4n) is 1.62. The maximum absolute atomic E-state index is 10.9. The molecule has 0 saturated carbocycles. The number of nitrogens with zero attached hydrogens (tertiary/aromatic N) is 1. The van der Waals surface area contributed by atoms with Gasteiger partial charge in [-0.2, -0.15) is 0 Å². The molecule has 6 heteroatoms. The van der Waals surface area contributed by atoms with Crippen LogP contribution in [0, 0.1) is 0 Å². The first-order valence-corrected chi connectivity index (χ1v) is 7.20. The smallest absolute Gasteiger partial charge is 0.308 e. The Bertz CT molecular complexity index is 717. The summed E-state index contributed by atoms with van der Waals surface area (Å²) in [6.07, 6.45) is 1.63. The van der Waals surface area contributed by atoms with Crippen molar-refractivity contribution in [2.45, 2.75) is 6.92 Å². The second-order valence-electron chi connectivity index (χ2n) is 4.24. The number of halogens is 2. The summed E-state index contributed by atoms with van der Waals surface area (Å²) in [7, 11) is 0. The zero-order valence-corrected chi connectivity index (χ0v) is 13.5. The zero-order valence-electron chi connectivity index (χ0n) is 11.1. The van der Waals surface area contributed by atoms with E-state index in [0.29, 0.717) is 22.1 Å². The zero-order chi connectivity index (χ0) is 15.4. The van der Waals surface area contributed by atoms with Gasteiger partial charge in [0, 0.05) is 34.9 Å². The predicted octanol–water partition coefficient (Wildman–Crippen LogP) is 4.36.